The van der Waals surface area contributed by atoms with Crippen molar-refractivity contribution in [3.8, 4) is 11.5 Å². The van der Waals surface area contributed by atoms with Crippen LogP contribution in [0.25, 0.3) is 0 Å². The van der Waals surface area contributed by atoms with Gasteiger partial charge in [-0.05, 0) is 50.1 Å². The Morgan fingerprint density at radius 3 is 2.50 bits per heavy atom. The molecule has 0 aliphatic carbocycles. The van der Waals surface area contributed by atoms with Gasteiger partial charge in [-0.1, -0.05) is 29.8 Å². The molecule has 7 nitrogen and oxygen atoms in total. The van der Waals surface area contributed by atoms with E-state index in [0.717, 1.165) is 18.4 Å². The lowest BCUT2D eigenvalue weighted by molar-refractivity contribution is 0.0787. The summed E-state index contributed by atoms with van der Waals surface area (Å²) in [6.45, 7) is 3.37. The van der Waals surface area contributed by atoms with Gasteiger partial charge in [-0.3, -0.25) is 9.52 Å². The highest BCUT2D eigenvalue weighted by molar-refractivity contribution is 7.92. The van der Waals surface area contributed by atoms with Crippen molar-refractivity contribution < 1.29 is 17.9 Å². The Hall–Kier alpha value is -3.26. The van der Waals surface area contributed by atoms with E-state index in [1.807, 2.05) is 31.2 Å². The van der Waals surface area contributed by atoms with Gasteiger partial charge in [0.05, 0.1) is 5.69 Å². The normalized spacial score (nSPS) is 14.0. The first-order valence-electron chi connectivity index (χ1n) is 9.76. The Labute approximate surface area is 175 Å². The number of amides is 1. The maximum Gasteiger partial charge on any atom is 0.270 e. The molecule has 2 heterocycles. The number of aromatic nitrogens is 1. The third kappa shape index (κ3) is 4.33. The molecule has 4 rings (SSSR count). The van der Waals surface area contributed by atoms with Gasteiger partial charge in [-0.25, -0.2) is 8.42 Å². The van der Waals surface area contributed by atoms with Crippen molar-refractivity contribution in [2.45, 2.75) is 24.7 Å². The molecule has 2 aromatic carbocycles. The Morgan fingerprint density at radius 2 is 1.77 bits per heavy atom. The van der Waals surface area contributed by atoms with Gasteiger partial charge in [0.2, 0.25) is 0 Å². The Bertz CT molecular complexity index is 1150. The van der Waals surface area contributed by atoms with Crippen molar-refractivity contribution in [2.24, 2.45) is 0 Å². The zero-order chi connectivity index (χ0) is 21.1. The molecule has 2 N–H and O–H groups in total. The van der Waals surface area contributed by atoms with E-state index in [1.54, 1.807) is 29.2 Å². The van der Waals surface area contributed by atoms with Crippen LogP contribution in [0.2, 0.25) is 0 Å². The number of aryl methyl sites for hydroxylation is 1. The van der Waals surface area contributed by atoms with E-state index in [2.05, 4.69) is 9.71 Å². The quantitative estimate of drug-likeness (QED) is 0.621. The number of likely N-dealkylation sites (tertiary alicyclic amines) is 1. The minimum absolute atomic E-state index is 0.00446. The maximum atomic E-state index is 12.9. The number of carbonyl (C=O) groups excluding carboxylic acids is 1. The van der Waals surface area contributed by atoms with E-state index in [1.165, 1.54) is 12.3 Å². The van der Waals surface area contributed by atoms with E-state index >= 15 is 0 Å². The SMILES string of the molecule is Cc1ccc(Oc2ccccc2NS(=O)(=O)c2c[nH]c(C(=O)N3CCCC3)c2)cc1. The Morgan fingerprint density at radius 1 is 1.07 bits per heavy atom. The number of H-pyrrole nitrogens is 1. The van der Waals surface area contributed by atoms with E-state index in [4.69, 9.17) is 4.74 Å². The van der Waals surface area contributed by atoms with Crippen molar-refractivity contribution in [3.63, 3.8) is 0 Å². The number of nitrogens with zero attached hydrogens (tertiary/aromatic N) is 1. The lowest BCUT2D eigenvalue weighted by atomic mass is 10.2. The molecule has 0 atom stereocenters. The van der Waals surface area contributed by atoms with Gasteiger partial charge in [-0.2, -0.15) is 0 Å². The fourth-order valence-corrected chi connectivity index (χ4v) is 4.38. The lowest BCUT2D eigenvalue weighted by Gasteiger charge is -2.13. The first kappa shape index (κ1) is 20.0. The summed E-state index contributed by atoms with van der Waals surface area (Å²) >= 11 is 0. The van der Waals surface area contributed by atoms with Gasteiger partial charge in [0.25, 0.3) is 15.9 Å². The third-order valence-corrected chi connectivity index (χ3v) is 6.32. The number of hydrogen-bond acceptors (Lipinski definition) is 4. The average molecular weight is 426 g/mol. The number of rotatable bonds is 6. The highest BCUT2D eigenvalue weighted by Gasteiger charge is 2.24. The molecule has 0 unspecified atom stereocenters. The van der Waals surface area contributed by atoms with Crippen molar-refractivity contribution >= 4 is 21.6 Å². The average Bonchev–Trinajstić information content (AvgIpc) is 3.43. The molecule has 8 heteroatoms. The maximum absolute atomic E-state index is 12.9. The topological polar surface area (TPSA) is 91.5 Å². The summed E-state index contributed by atoms with van der Waals surface area (Å²) in [6, 6.07) is 15.7. The monoisotopic (exact) mass is 425 g/mol. The Kier molecular flexibility index (Phi) is 5.50. The van der Waals surface area contributed by atoms with E-state index < -0.39 is 10.0 Å². The molecule has 3 aromatic rings. The molecule has 1 aliphatic rings. The number of nitrogens with one attached hydrogen (secondary N) is 2. The lowest BCUT2D eigenvalue weighted by Crippen LogP contribution is -2.27. The summed E-state index contributed by atoms with van der Waals surface area (Å²) in [5.41, 5.74) is 1.68. The second-order valence-corrected chi connectivity index (χ2v) is 8.95. The van der Waals surface area contributed by atoms with Crippen LogP contribution in [-0.2, 0) is 10.0 Å². The second-order valence-electron chi connectivity index (χ2n) is 7.27. The molecule has 1 amide bonds. The zero-order valence-electron chi connectivity index (χ0n) is 16.6. The smallest absolute Gasteiger partial charge is 0.270 e. The van der Waals surface area contributed by atoms with Gasteiger partial charge in [0.1, 0.15) is 16.3 Å². The summed E-state index contributed by atoms with van der Waals surface area (Å²) in [4.78, 5) is 17.0. The number of ether oxygens (including phenoxy) is 1. The van der Waals surface area contributed by atoms with Gasteiger partial charge in [0.15, 0.2) is 5.75 Å². The number of sulfonamides is 1. The van der Waals surface area contributed by atoms with Crippen LogP contribution in [-0.4, -0.2) is 37.3 Å². The van der Waals surface area contributed by atoms with Crippen molar-refractivity contribution in [1.82, 2.24) is 9.88 Å². The zero-order valence-corrected chi connectivity index (χ0v) is 17.4. The second kappa shape index (κ2) is 8.23. The van der Waals surface area contributed by atoms with E-state index in [0.29, 0.717) is 30.3 Å². The van der Waals surface area contributed by atoms with Crippen molar-refractivity contribution in [2.75, 3.05) is 17.8 Å². The summed E-state index contributed by atoms with van der Waals surface area (Å²) < 4.78 is 34.2. The van der Waals surface area contributed by atoms with Crippen LogP contribution in [0.4, 0.5) is 5.69 Å². The van der Waals surface area contributed by atoms with Gasteiger partial charge in [0, 0.05) is 19.3 Å². The van der Waals surface area contributed by atoms with Crippen LogP contribution >= 0.6 is 0 Å². The molecule has 0 radical (unpaired) electrons. The number of anilines is 1. The molecule has 156 valence electrons. The molecule has 1 aromatic heterocycles. The fraction of sp³-hybridized carbons (Fsp3) is 0.227. The molecule has 0 spiro atoms. The fourth-order valence-electron chi connectivity index (χ4n) is 3.32. The van der Waals surface area contributed by atoms with E-state index in [-0.39, 0.29) is 16.5 Å². The first-order valence-corrected chi connectivity index (χ1v) is 11.2. The highest BCUT2D eigenvalue weighted by Crippen LogP contribution is 2.31. The largest absolute Gasteiger partial charge is 0.455 e. The molecule has 1 fully saturated rings. The van der Waals surface area contributed by atoms with Crippen LogP contribution in [0.1, 0.15) is 28.9 Å². The van der Waals surface area contributed by atoms with Gasteiger partial charge >= 0.3 is 0 Å². The molecule has 0 bridgehead atoms. The molecule has 0 saturated carbocycles. The van der Waals surface area contributed by atoms with Gasteiger partial charge < -0.3 is 14.6 Å². The van der Waals surface area contributed by atoms with Crippen LogP contribution in [0.5, 0.6) is 11.5 Å². The minimum atomic E-state index is -3.90. The highest BCUT2D eigenvalue weighted by atomic mass is 32.2. The van der Waals surface area contributed by atoms with Crippen LogP contribution in [0.3, 0.4) is 0 Å². The molecule has 1 aliphatic heterocycles. The standard InChI is InChI=1S/C22H23N3O4S/c1-16-8-10-17(11-9-16)29-21-7-3-2-6-19(21)24-30(27,28)18-14-20(23-15-18)22(26)25-12-4-5-13-25/h2-3,6-11,14-15,23-24H,4-5,12-13H2,1H3. The van der Waals surface area contributed by atoms with Crippen molar-refractivity contribution in [3.05, 3.63) is 72.1 Å². The van der Waals surface area contributed by atoms with Crippen LogP contribution < -0.4 is 9.46 Å². The third-order valence-electron chi connectivity index (χ3n) is 4.97. The predicted molar refractivity (Wildman–Crippen MR) is 114 cm³/mol. The van der Waals surface area contributed by atoms with Gasteiger partial charge in [-0.15, -0.1) is 0 Å². The molecule has 30 heavy (non-hydrogen) atoms. The summed E-state index contributed by atoms with van der Waals surface area (Å²) in [7, 11) is -3.90. The Balaban J connectivity index is 1.54. The number of hydrogen-bond donors (Lipinski definition) is 2. The van der Waals surface area contributed by atoms with Crippen LogP contribution in [0.15, 0.2) is 65.7 Å². The van der Waals surface area contributed by atoms with Crippen molar-refractivity contribution in [1.29, 1.82) is 0 Å². The summed E-state index contributed by atoms with van der Waals surface area (Å²) in [6.07, 6.45) is 3.27. The molecular formula is C22H23N3O4S. The van der Waals surface area contributed by atoms with E-state index in [9.17, 15) is 13.2 Å². The predicted octanol–water partition coefficient (Wildman–Crippen LogP) is 4.15. The summed E-state index contributed by atoms with van der Waals surface area (Å²) in [5, 5.41) is 0. The van der Waals surface area contributed by atoms with Crippen LogP contribution in [0, 0.1) is 6.92 Å². The summed E-state index contributed by atoms with van der Waals surface area (Å²) in [5.74, 6) is 0.804. The molecular weight excluding hydrogens is 402 g/mol. The number of aromatic amines is 1. The number of benzene rings is 2. The number of para-hydroxylation sites is 2. The first-order chi connectivity index (χ1) is 14.4. The minimum Gasteiger partial charge on any atom is -0.455 e. The number of carbonyl (C=O) groups is 1. The molecule has 1 saturated heterocycles.